The fourth-order valence-electron chi connectivity index (χ4n) is 10.2. The molecule has 0 aromatic heterocycles. The summed E-state index contributed by atoms with van der Waals surface area (Å²) in [4.78, 5) is 115. The Morgan fingerprint density at radius 2 is 1.38 bits per heavy atom. The van der Waals surface area contributed by atoms with Gasteiger partial charge in [-0.2, -0.15) is 0 Å². The molecule has 0 saturated carbocycles. The van der Waals surface area contributed by atoms with Crippen molar-refractivity contribution in [2.24, 2.45) is 17.6 Å². The lowest BCUT2D eigenvalue weighted by molar-refractivity contribution is -0.148. The number of phenolic OH excluding ortho intramolecular Hbond substituents is 1. The van der Waals surface area contributed by atoms with Crippen molar-refractivity contribution in [2.75, 3.05) is 32.5 Å². The highest BCUT2D eigenvalue weighted by Crippen LogP contribution is 2.28. The fraction of sp³-hybridized carbons (Fsp3) is 0.736. The normalized spacial score (nSPS) is 28.1. The number of methoxy groups -OCH3 is 1. The van der Waals surface area contributed by atoms with Crippen LogP contribution in [0.2, 0.25) is 0 Å². The molecule has 0 bridgehead atoms. The van der Waals surface area contributed by atoms with Gasteiger partial charge in [-0.3, -0.25) is 38.4 Å². The van der Waals surface area contributed by atoms with Crippen LogP contribution in [0.4, 0.5) is 0 Å². The van der Waals surface area contributed by atoms with E-state index in [-0.39, 0.29) is 43.7 Å². The number of ether oxygens (including phenoxy) is 1. The summed E-state index contributed by atoms with van der Waals surface area (Å²) in [7, 11) is 1.09. The first-order chi connectivity index (χ1) is 37.4. The van der Waals surface area contributed by atoms with E-state index in [2.05, 4.69) is 47.4 Å². The minimum atomic E-state index is -2.30. The molecule has 1 aromatic carbocycles. The quantitative estimate of drug-likeness (QED) is 0.0418. The number of nitrogens with two attached hydrogens (primary N) is 1. The van der Waals surface area contributed by atoms with Crippen LogP contribution in [-0.2, 0) is 43.1 Å². The number of unbranched alkanes of at least 4 members (excludes halogenated alkanes) is 5. The predicted octanol–water partition coefficient (Wildman–Crippen LogP) is -1.95. The highest BCUT2D eigenvalue weighted by molar-refractivity contribution is 8.00. The maximum atomic E-state index is 14.6. The molecule has 2 unspecified atom stereocenters. The van der Waals surface area contributed by atoms with Crippen LogP contribution in [0.15, 0.2) is 24.3 Å². The standard InChI is InChI=1S/C53H86N8O17S/c1-6-28(2)23-29(3)13-11-9-7-8-10-12-14-39(68)55-34-25-38(67)51(79-27-40(69)78-5)59-50(75)44-37(66)20-22-60(44)53(77)42(36(65)19-21-54)57-49(74)43(46(71)45(70)31-15-17-32(63)18-16-31)58-48(73)35-24-33(64)26-61(35)52(76)41(30(4)62)56-47(34)72/h15-18,28-30,33-38,41-46,51,62-67,70-71H,6-14,19-27,54H2,1-5H3,(H,55,68)(H,56,72)(H,57,74)(H,58,73)(H,59,75)/t28?,29?,30-,33-,34+,35+,36-,37+,38-,41+,42+,43+,44+,45+,46+,51-/m1/s1. The molecule has 3 heterocycles. The van der Waals surface area contributed by atoms with E-state index in [1.807, 2.05) is 0 Å². The van der Waals surface area contributed by atoms with Crippen molar-refractivity contribution in [1.82, 2.24) is 36.4 Å². The second-order valence-electron chi connectivity index (χ2n) is 21.4. The molecule has 26 heteroatoms. The molecule has 3 aliphatic rings. The van der Waals surface area contributed by atoms with Crippen LogP contribution in [0.25, 0.3) is 0 Å². The van der Waals surface area contributed by atoms with E-state index in [0.29, 0.717) is 36.4 Å². The number of aromatic hydroxyl groups is 1. The summed E-state index contributed by atoms with van der Waals surface area (Å²) in [6.45, 7) is 6.67. The van der Waals surface area contributed by atoms with Crippen LogP contribution in [0.5, 0.6) is 5.75 Å². The molecule has 3 saturated heterocycles. The first-order valence-electron chi connectivity index (χ1n) is 27.5. The zero-order valence-electron chi connectivity index (χ0n) is 45.9. The number of aliphatic hydroxyl groups is 7. The summed E-state index contributed by atoms with van der Waals surface area (Å²) < 4.78 is 4.78. The number of aliphatic hydroxyl groups excluding tert-OH is 7. The van der Waals surface area contributed by atoms with E-state index < -0.39 is 157 Å². The molecule has 0 aliphatic carbocycles. The van der Waals surface area contributed by atoms with Crippen LogP contribution in [0.1, 0.15) is 129 Å². The highest BCUT2D eigenvalue weighted by Gasteiger charge is 2.49. The molecule has 1 aromatic rings. The minimum absolute atomic E-state index is 0.0618. The predicted molar refractivity (Wildman–Crippen MR) is 288 cm³/mol. The SMILES string of the molecule is CCC(C)CC(C)CCCCCCCCC(=O)N[C@H]1C[C@@H](O)[C@@H](SCC(=O)OC)NC(=O)[C@@H]2[C@@H](O)CCN2C(=O)[C@H]([C@H](O)CCN)NC(=O)[C@H]([C@H](O)[C@@H](O)c2ccc(O)cc2)NC(=O)[C@@H]2C[C@@H](O)CN2C(=O)[C@H]([C@@H](C)O)NC1=O. The zero-order valence-corrected chi connectivity index (χ0v) is 46.7. The molecule has 446 valence electrons. The minimum Gasteiger partial charge on any atom is -0.508 e. The number of benzene rings is 1. The highest BCUT2D eigenvalue weighted by atomic mass is 32.2. The maximum absolute atomic E-state index is 14.6. The summed E-state index contributed by atoms with van der Waals surface area (Å²) in [5.41, 5.74) is 5.68. The topological polar surface area (TPSA) is 400 Å². The van der Waals surface area contributed by atoms with Crippen LogP contribution in [0, 0.1) is 11.8 Å². The van der Waals surface area contributed by atoms with Gasteiger partial charge in [0, 0.05) is 32.4 Å². The van der Waals surface area contributed by atoms with Gasteiger partial charge in [-0.25, -0.2) is 0 Å². The first-order valence-corrected chi connectivity index (χ1v) is 28.5. The molecule has 15 N–H and O–H groups in total. The van der Waals surface area contributed by atoms with Crippen molar-refractivity contribution < 1.29 is 83.9 Å². The first kappa shape index (κ1) is 66.3. The monoisotopic (exact) mass is 1140 g/mol. The van der Waals surface area contributed by atoms with Crippen molar-refractivity contribution >= 4 is 59.1 Å². The second-order valence-corrected chi connectivity index (χ2v) is 22.5. The van der Waals surface area contributed by atoms with Crippen molar-refractivity contribution in [1.29, 1.82) is 0 Å². The molecule has 3 aliphatic heterocycles. The summed E-state index contributed by atoms with van der Waals surface area (Å²) in [5, 5.41) is 100. The van der Waals surface area contributed by atoms with Crippen LogP contribution < -0.4 is 32.3 Å². The van der Waals surface area contributed by atoms with Crippen molar-refractivity contribution in [3.63, 3.8) is 0 Å². The second kappa shape index (κ2) is 32.3. The Hall–Kier alpha value is -5.19. The fourth-order valence-corrected chi connectivity index (χ4v) is 11.1. The third-order valence-corrected chi connectivity index (χ3v) is 16.1. The Morgan fingerprint density at radius 3 is 2.01 bits per heavy atom. The van der Waals surface area contributed by atoms with Gasteiger partial charge in [0.25, 0.3) is 0 Å². The summed E-state index contributed by atoms with van der Waals surface area (Å²) in [6.07, 6.45) is -6.10. The number of nitrogens with zero attached hydrogens (tertiary/aromatic N) is 2. The smallest absolute Gasteiger partial charge is 0.315 e. The van der Waals surface area contributed by atoms with Gasteiger partial charge in [0.2, 0.25) is 41.4 Å². The molecule has 25 nitrogen and oxygen atoms in total. The molecular weight excluding hydrogens is 1050 g/mol. The summed E-state index contributed by atoms with van der Waals surface area (Å²) in [6, 6.07) is -6.70. The number of amides is 7. The van der Waals surface area contributed by atoms with Gasteiger partial charge in [0.05, 0.1) is 43.4 Å². The van der Waals surface area contributed by atoms with E-state index in [1.54, 1.807) is 0 Å². The number of phenols is 1. The van der Waals surface area contributed by atoms with Crippen molar-refractivity contribution in [2.45, 2.75) is 202 Å². The Kier molecular flexibility index (Phi) is 27.1. The van der Waals surface area contributed by atoms with E-state index in [1.165, 1.54) is 18.6 Å². The third kappa shape index (κ3) is 19.5. The Bertz CT molecular complexity index is 2180. The number of thioether (sulfide) groups is 1. The van der Waals surface area contributed by atoms with E-state index >= 15 is 0 Å². The molecule has 3 fully saturated rings. The Labute approximate surface area is 465 Å². The van der Waals surface area contributed by atoms with Gasteiger partial charge >= 0.3 is 5.97 Å². The van der Waals surface area contributed by atoms with Gasteiger partial charge in [0.15, 0.2) is 0 Å². The Balaban J connectivity index is 1.76. The van der Waals surface area contributed by atoms with E-state index in [4.69, 9.17) is 10.5 Å². The van der Waals surface area contributed by atoms with Crippen LogP contribution in [0.3, 0.4) is 0 Å². The molecule has 79 heavy (non-hydrogen) atoms. The number of fused-ring (bicyclic) bond motifs is 2. The molecule has 16 atom stereocenters. The van der Waals surface area contributed by atoms with Gasteiger partial charge < -0.3 is 87.7 Å². The molecular formula is C53H86N8O17S. The maximum Gasteiger partial charge on any atom is 0.315 e. The molecule has 7 amide bonds. The zero-order chi connectivity index (χ0) is 58.7. The largest absolute Gasteiger partial charge is 0.508 e. The van der Waals surface area contributed by atoms with Crippen LogP contribution >= 0.6 is 11.8 Å². The lowest BCUT2D eigenvalue weighted by Crippen LogP contribution is -2.64. The summed E-state index contributed by atoms with van der Waals surface area (Å²) in [5.74, 6) is -8.05. The third-order valence-electron chi connectivity index (χ3n) is 14.9. The van der Waals surface area contributed by atoms with E-state index in [9.17, 15) is 79.2 Å². The lowest BCUT2D eigenvalue weighted by Gasteiger charge is -2.35. The molecule has 0 radical (unpaired) electrons. The van der Waals surface area contributed by atoms with Crippen molar-refractivity contribution in [3.05, 3.63) is 29.8 Å². The number of rotatable bonds is 23. The number of nitrogens with one attached hydrogen (secondary N) is 5. The average molecular weight is 1140 g/mol. The number of carbonyl (C=O) groups excluding carboxylic acids is 8. The number of hydrogen-bond acceptors (Lipinski definition) is 19. The average Bonchev–Trinajstić information content (AvgIpc) is 4.04. The van der Waals surface area contributed by atoms with Crippen molar-refractivity contribution in [3.8, 4) is 5.75 Å². The number of carbonyl (C=O) groups is 8. The number of esters is 1. The lowest BCUT2D eigenvalue weighted by atomic mass is 9.91. The molecule has 4 rings (SSSR count). The van der Waals surface area contributed by atoms with Gasteiger partial charge in [0.1, 0.15) is 59.6 Å². The molecule has 0 spiro atoms. The van der Waals surface area contributed by atoms with E-state index in [0.717, 1.165) is 74.5 Å². The Morgan fingerprint density at radius 1 is 0.759 bits per heavy atom. The van der Waals surface area contributed by atoms with Gasteiger partial charge in [-0.05, 0) is 68.7 Å². The summed E-state index contributed by atoms with van der Waals surface area (Å²) >= 11 is 0.627. The van der Waals surface area contributed by atoms with Gasteiger partial charge in [-0.15, -0.1) is 11.8 Å². The number of hydrogen-bond donors (Lipinski definition) is 14. The van der Waals surface area contributed by atoms with Gasteiger partial charge in [-0.1, -0.05) is 77.8 Å². The van der Waals surface area contributed by atoms with Crippen LogP contribution in [-0.4, -0.2) is 209 Å².